The number of sulfonamides is 1. The van der Waals surface area contributed by atoms with Crippen LogP contribution in [0.2, 0.25) is 0 Å². The molecule has 0 fully saturated rings. The van der Waals surface area contributed by atoms with E-state index in [2.05, 4.69) is 4.72 Å². The number of carbonyl (C=O) groups excluding carboxylic acids is 1. The Morgan fingerprint density at radius 3 is 2.33 bits per heavy atom. The van der Waals surface area contributed by atoms with Crippen LogP contribution in [-0.2, 0) is 10.0 Å². The summed E-state index contributed by atoms with van der Waals surface area (Å²) in [5, 5.41) is 10.9. The fraction of sp³-hybridized carbons (Fsp3) is 0. The van der Waals surface area contributed by atoms with E-state index in [0.29, 0.717) is 11.8 Å². The summed E-state index contributed by atoms with van der Waals surface area (Å²) in [7, 11) is -4.19. The summed E-state index contributed by atoms with van der Waals surface area (Å²) in [6.07, 6.45) is 0. The number of benzene rings is 3. The molecular weight excluding hydrogens is 373 g/mol. The van der Waals surface area contributed by atoms with E-state index >= 15 is 0 Å². The molecule has 6 nitrogen and oxygen atoms in total. The Balaban J connectivity index is 1.93. The number of hydrogen-bond donors (Lipinski definition) is 1. The third-order valence-electron chi connectivity index (χ3n) is 3.57. The lowest BCUT2D eigenvalue weighted by Crippen LogP contribution is -2.24. The second-order valence-electron chi connectivity index (χ2n) is 5.45. The first-order valence-electron chi connectivity index (χ1n) is 7.72. The summed E-state index contributed by atoms with van der Waals surface area (Å²) < 4.78 is 46.7. The molecule has 8 heteroatoms. The largest absolute Gasteiger partial charge is 0.545 e. The molecule has 3 aromatic carbocycles. The first-order chi connectivity index (χ1) is 12.9. The smallest absolute Gasteiger partial charge is 0.262 e. The Bertz CT molecular complexity index is 1080. The van der Waals surface area contributed by atoms with Crippen LogP contribution in [0.25, 0.3) is 0 Å². The average Bonchev–Trinajstić information content (AvgIpc) is 2.64. The molecule has 0 unspecified atom stereocenters. The maximum atomic E-state index is 13.5. The quantitative estimate of drug-likeness (QED) is 0.703. The first-order valence-corrected chi connectivity index (χ1v) is 9.21. The van der Waals surface area contributed by atoms with Gasteiger partial charge >= 0.3 is 0 Å². The highest BCUT2D eigenvalue weighted by atomic mass is 32.2. The zero-order chi connectivity index (χ0) is 19.4. The Morgan fingerprint density at radius 2 is 1.63 bits per heavy atom. The molecule has 0 saturated heterocycles. The minimum absolute atomic E-state index is 0.140. The number of carbonyl (C=O) groups is 1. The predicted octanol–water partition coefficient (Wildman–Crippen LogP) is 2.78. The molecular formula is C19H13FNO5S-. The molecule has 0 radical (unpaired) electrons. The highest BCUT2D eigenvalue weighted by molar-refractivity contribution is 7.92. The Hall–Kier alpha value is -3.39. The zero-order valence-corrected chi connectivity index (χ0v) is 14.6. The minimum atomic E-state index is -4.19. The molecule has 0 bridgehead atoms. The molecule has 0 aliphatic carbocycles. The number of hydrogen-bond acceptors (Lipinski definition) is 5. The van der Waals surface area contributed by atoms with Crippen molar-refractivity contribution in [3.05, 3.63) is 84.2 Å². The lowest BCUT2D eigenvalue weighted by atomic mass is 10.2. The molecule has 0 atom stereocenters. The van der Waals surface area contributed by atoms with Crippen LogP contribution in [0.5, 0.6) is 11.5 Å². The lowest BCUT2D eigenvalue weighted by Gasteiger charge is -2.14. The maximum absolute atomic E-state index is 13.5. The second kappa shape index (κ2) is 7.46. The summed E-state index contributed by atoms with van der Waals surface area (Å²) in [6, 6.07) is 17.5. The molecule has 0 heterocycles. The number of aromatic carboxylic acids is 1. The summed E-state index contributed by atoms with van der Waals surface area (Å²) >= 11 is 0. The third-order valence-corrected chi connectivity index (χ3v) is 4.93. The van der Waals surface area contributed by atoms with Gasteiger partial charge in [0.15, 0.2) is 5.75 Å². The SMILES string of the molecule is O=C([O-])c1cc(S(=O)(=O)Nc2ccccc2Oc2ccccc2)ccc1F. The van der Waals surface area contributed by atoms with Crippen LogP contribution in [0.4, 0.5) is 10.1 Å². The predicted molar refractivity (Wildman–Crippen MR) is 94.5 cm³/mol. The van der Waals surface area contributed by atoms with Crippen LogP contribution in [0.1, 0.15) is 10.4 Å². The standard InChI is InChI=1S/C19H14FNO5S/c20-16-11-10-14(12-15(16)19(22)23)27(24,25)21-17-8-4-5-9-18(17)26-13-6-2-1-3-7-13/h1-12,21H,(H,22,23)/p-1. The van der Waals surface area contributed by atoms with E-state index in [9.17, 15) is 22.7 Å². The van der Waals surface area contributed by atoms with Crippen LogP contribution in [0.15, 0.2) is 77.7 Å². The van der Waals surface area contributed by atoms with Gasteiger partial charge in [-0.2, -0.15) is 0 Å². The van der Waals surface area contributed by atoms with Gasteiger partial charge in [-0.1, -0.05) is 30.3 Å². The van der Waals surface area contributed by atoms with Crippen molar-refractivity contribution in [2.45, 2.75) is 4.90 Å². The zero-order valence-electron chi connectivity index (χ0n) is 13.8. The van der Waals surface area contributed by atoms with Gasteiger partial charge in [0.05, 0.1) is 16.6 Å². The minimum Gasteiger partial charge on any atom is -0.545 e. The molecule has 1 N–H and O–H groups in total. The molecule has 0 aromatic heterocycles. The van der Waals surface area contributed by atoms with Gasteiger partial charge < -0.3 is 14.6 Å². The molecule has 0 amide bonds. The summed E-state index contributed by atoms with van der Waals surface area (Å²) in [5.41, 5.74) is -0.702. The van der Waals surface area contributed by atoms with Crippen molar-refractivity contribution in [3.63, 3.8) is 0 Å². The Labute approximate surface area is 154 Å². The van der Waals surface area contributed by atoms with E-state index in [1.807, 2.05) is 6.07 Å². The monoisotopic (exact) mass is 386 g/mol. The molecule has 0 spiro atoms. The van der Waals surface area contributed by atoms with Gasteiger partial charge in [0.25, 0.3) is 10.0 Å². The Kier molecular flexibility index (Phi) is 5.09. The van der Waals surface area contributed by atoms with E-state index in [1.165, 1.54) is 6.07 Å². The summed E-state index contributed by atoms with van der Waals surface area (Å²) in [6.45, 7) is 0. The normalized spacial score (nSPS) is 11.0. The van der Waals surface area contributed by atoms with Crippen molar-refractivity contribution in [2.75, 3.05) is 4.72 Å². The van der Waals surface area contributed by atoms with Crippen LogP contribution in [0, 0.1) is 5.82 Å². The number of carboxylic acid groups (broad SMARTS) is 1. The highest BCUT2D eigenvalue weighted by Crippen LogP contribution is 2.31. The maximum Gasteiger partial charge on any atom is 0.262 e. The fourth-order valence-corrected chi connectivity index (χ4v) is 3.38. The van der Waals surface area contributed by atoms with Crippen LogP contribution in [-0.4, -0.2) is 14.4 Å². The molecule has 27 heavy (non-hydrogen) atoms. The van der Waals surface area contributed by atoms with E-state index in [-0.39, 0.29) is 11.4 Å². The molecule has 138 valence electrons. The van der Waals surface area contributed by atoms with Crippen molar-refractivity contribution < 1.29 is 27.4 Å². The Morgan fingerprint density at radius 1 is 0.963 bits per heavy atom. The fourth-order valence-electron chi connectivity index (χ4n) is 2.29. The van der Waals surface area contributed by atoms with Gasteiger partial charge in [0.2, 0.25) is 0 Å². The second-order valence-corrected chi connectivity index (χ2v) is 7.13. The van der Waals surface area contributed by atoms with Gasteiger partial charge in [-0.15, -0.1) is 0 Å². The van der Waals surface area contributed by atoms with Gasteiger partial charge in [-0.05, 0) is 42.5 Å². The summed E-state index contributed by atoms with van der Waals surface area (Å²) in [4.78, 5) is 10.5. The number of ether oxygens (including phenoxy) is 1. The highest BCUT2D eigenvalue weighted by Gasteiger charge is 2.19. The van der Waals surface area contributed by atoms with Gasteiger partial charge in [-0.3, -0.25) is 4.72 Å². The molecule has 3 aromatic rings. The number of halogens is 1. The van der Waals surface area contributed by atoms with Crippen LogP contribution in [0.3, 0.4) is 0 Å². The van der Waals surface area contributed by atoms with Gasteiger partial charge in [0.1, 0.15) is 11.6 Å². The first kappa shape index (κ1) is 18.4. The number of anilines is 1. The van der Waals surface area contributed by atoms with Gasteiger partial charge in [-0.25, -0.2) is 12.8 Å². The number of para-hydroxylation sites is 3. The van der Waals surface area contributed by atoms with E-state index < -0.39 is 32.3 Å². The number of rotatable bonds is 6. The molecule has 0 aliphatic heterocycles. The number of carboxylic acids is 1. The topological polar surface area (TPSA) is 95.5 Å². The van der Waals surface area contributed by atoms with Crippen molar-refractivity contribution >= 4 is 21.7 Å². The van der Waals surface area contributed by atoms with Crippen molar-refractivity contribution in [2.24, 2.45) is 0 Å². The van der Waals surface area contributed by atoms with Crippen molar-refractivity contribution in [1.29, 1.82) is 0 Å². The average molecular weight is 386 g/mol. The molecule has 3 rings (SSSR count). The van der Waals surface area contributed by atoms with Gasteiger partial charge in [0, 0.05) is 5.56 Å². The third kappa shape index (κ3) is 4.24. The van der Waals surface area contributed by atoms with E-state index in [0.717, 1.165) is 12.1 Å². The molecule has 0 aliphatic rings. The summed E-state index contributed by atoms with van der Waals surface area (Å²) in [5.74, 6) is -2.14. The van der Waals surface area contributed by atoms with Crippen molar-refractivity contribution in [3.8, 4) is 11.5 Å². The van der Waals surface area contributed by atoms with E-state index in [4.69, 9.17) is 4.74 Å². The van der Waals surface area contributed by atoms with Crippen molar-refractivity contribution in [1.82, 2.24) is 0 Å². The van der Waals surface area contributed by atoms with Crippen LogP contribution < -0.4 is 14.6 Å². The lowest BCUT2D eigenvalue weighted by molar-refractivity contribution is -0.255. The van der Waals surface area contributed by atoms with E-state index in [1.54, 1.807) is 42.5 Å². The number of nitrogens with one attached hydrogen (secondary N) is 1. The molecule has 0 saturated carbocycles. The van der Waals surface area contributed by atoms with Crippen LogP contribution >= 0.6 is 0 Å².